The van der Waals surface area contributed by atoms with Gasteiger partial charge < -0.3 is 20.5 Å². The zero-order chi connectivity index (χ0) is 29.9. The fourth-order valence-electron chi connectivity index (χ4n) is 3.28. The van der Waals surface area contributed by atoms with Crippen LogP contribution < -0.4 is 10.6 Å². The van der Waals surface area contributed by atoms with E-state index in [0.717, 1.165) is 44.3 Å². The molecule has 226 valence electrons. The van der Waals surface area contributed by atoms with Crippen LogP contribution in [0.1, 0.15) is 78.6 Å². The number of aliphatic hydroxyl groups is 1. The van der Waals surface area contributed by atoms with Crippen LogP contribution in [-0.2, 0) is 19.1 Å². The summed E-state index contributed by atoms with van der Waals surface area (Å²) in [6.07, 6.45) is 28.8. The molecule has 40 heavy (non-hydrogen) atoms. The summed E-state index contributed by atoms with van der Waals surface area (Å²) in [6, 6.07) is 0. The van der Waals surface area contributed by atoms with Gasteiger partial charge >= 0.3 is 5.97 Å². The number of esters is 1. The predicted octanol–water partition coefficient (Wildman–Crippen LogP) is 5.82. The summed E-state index contributed by atoms with van der Waals surface area (Å²) < 4.78 is 5.31. The van der Waals surface area contributed by atoms with Crippen molar-refractivity contribution in [2.24, 2.45) is 5.41 Å². The lowest BCUT2D eigenvalue weighted by Crippen LogP contribution is -2.47. The molecule has 0 aliphatic carbocycles. The van der Waals surface area contributed by atoms with Crippen LogP contribution in [0, 0.1) is 5.41 Å². The molecule has 0 saturated carbocycles. The molecule has 2 amide bonds. The molecule has 0 aromatic carbocycles. The standard InChI is InChI=1S/C32H52N2O5S/c1-5-6-7-8-9-10-11-12-13-14-15-16-17-18-19-20-21-22-29(36)39-27-32(2,3)30(37)31(38)34-24-23-28(35)33-25-26-40-4/h6-7,9-10,12-13,15-16,18-19,30,37H,5,8,11,14,17,20-27H2,1-4H3,(H,33,35)(H,34,38)/b7-6-,10-9-,13-12-,16-15-,19-18-/t30-/m0/s1. The van der Waals surface area contributed by atoms with Gasteiger partial charge in [0.05, 0.1) is 6.61 Å². The summed E-state index contributed by atoms with van der Waals surface area (Å²) in [7, 11) is 0. The van der Waals surface area contributed by atoms with E-state index in [1.807, 2.05) is 6.26 Å². The molecular formula is C32H52N2O5S. The molecule has 0 fully saturated rings. The Balaban J connectivity index is 3.98. The minimum atomic E-state index is -1.36. The van der Waals surface area contributed by atoms with Gasteiger partial charge in [-0.15, -0.1) is 0 Å². The van der Waals surface area contributed by atoms with E-state index in [4.69, 9.17) is 4.74 Å². The first kappa shape index (κ1) is 37.4. The zero-order valence-electron chi connectivity index (χ0n) is 25.0. The first-order valence-electron chi connectivity index (χ1n) is 14.4. The Labute approximate surface area is 246 Å². The number of carbonyl (C=O) groups excluding carboxylic acids is 3. The highest BCUT2D eigenvalue weighted by molar-refractivity contribution is 7.98. The van der Waals surface area contributed by atoms with E-state index in [1.54, 1.807) is 25.6 Å². The number of allylic oxidation sites excluding steroid dienone is 10. The van der Waals surface area contributed by atoms with Crippen LogP contribution in [-0.4, -0.2) is 60.7 Å². The van der Waals surface area contributed by atoms with Crippen LogP contribution in [0.4, 0.5) is 0 Å². The van der Waals surface area contributed by atoms with Crippen molar-refractivity contribution in [1.82, 2.24) is 10.6 Å². The number of hydrogen-bond donors (Lipinski definition) is 3. The Morgan fingerprint density at radius 1 is 0.825 bits per heavy atom. The van der Waals surface area contributed by atoms with E-state index in [-0.39, 0.29) is 37.9 Å². The Bertz CT molecular complexity index is 846. The summed E-state index contributed by atoms with van der Waals surface area (Å²) >= 11 is 1.64. The maximum atomic E-state index is 12.3. The van der Waals surface area contributed by atoms with Gasteiger partial charge in [0.25, 0.3) is 0 Å². The van der Waals surface area contributed by atoms with Crippen molar-refractivity contribution in [1.29, 1.82) is 0 Å². The molecular weight excluding hydrogens is 524 g/mol. The van der Waals surface area contributed by atoms with Gasteiger partial charge in [-0.1, -0.05) is 81.5 Å². The maximum Gasteiger partial charge on any atom is 0.305 e. The molecule has 1 atom stereocenters. The van der Waals surface area contributed by atoms with Gasteiger partial charge in [0, 0.05) is 37.1 Å². The van der Waals surface area contributed by atoms with Gasteiger partial charge in [-0.05, 0) is 51.2 Å². The topological polar surface area (TPSA) is 105 Å². The third-order valence-corrected chi connectivity index (χ3v) is 6.40. The number of rotatable bonds is 23. The SMILES string of the molecule is CC/C=C\C/C=C\C/C=C\C/C=C\C/C=C\CCCC(=O)OCC(C)(C)[C@@H](O)C(=O)NCCC(=O)NCCSC. The summed E-state index contributed by atoms with van der Waals surface area (Å²) in [5, 5.41) is 15.7. The highest BCUT2D eigenvalue weighted by Gasteiger charge is 2.34. The van der Waals surface area contributed by atoms with Gasteiger partial charge in [-0.25, -0.2) is 0 Å². The predicted molar refractivity (Wildman–Crippen MR) is 168 cm³/mol. The van der Waals surface area contributed by atoms with Crippen LogP contribution in [0.25, 0.3) is 0 Å². The summed E-state index contributed by atoms with van der Waals surface area (Å²) in [6.45, 7) is 6.10. The van der Waals surface area contributed by atoms with Crippen molar-refractivity contribution in [3.05, 3.63) is 60.8 Å². The minimum absolute atomic E-state index is 0.0722. The average Bonchev–Trinajstić information content (AvgIpc) is 2.93. The Kier molecular flexibility index (Phi) is 23.8. The lowest BCUT2D eigenvalue weighted by molar-refractivity contribution is -0.153. The van der Waals surface area contributed by atoms with Gasteiger partial charge in [-0.2, -0.15) is 11.8 Å². The van der Waals surface area contributed by atoms with Crippen molar-refractivity contribution >= 4 is 29.5 Å². The van der Waals surface area contributed by atoms with Gasteiger partial charge in [0.1, 0.15) is 6.10 Å². The third-order valence-electron chi connectivity index (χ3n) is 5.78. The molecule has 7 nitrogen and oxygen atoms in total. The van der Waals surface area contributed by atoms with Crippen molar-refractivity contribution in [2.75, 3.05) is 31.7 Å². The van der Waals surface area contributed by atoms with Crippen LogP contribution in [0.3, 0.4) is 0 Å². The van der Waals surface area contributed by atoms with E-state index in [9.17, 15) is 19.5 Å². The lowest BCUT2D eigenvalue weighted by atomic mass is 9.87. The number of carbonyl (C=O) groups is 3. The molecule has 0 aromatic rings. The molecule has 8 heteroatoms. The van der Waals surface area contributed by atoms with Crippen molar-refractivity contribution < 1.29 is 24.2 Å². The summed E-state index contributed by atoms with van der Waals surface area (Å²) in [4.78, 5) is 36.1. The van der Waals surface area contributed by atoms with Crippen LogP contribution in [0.5, 0.6) is 0 Å². The normalized spacial score (nSPS) is 13.2. The van der Waals surface area contributed by atoms with E-state index in [1.165, 1.54) is 0 Å². The number of aliphatic hydroxyl groups excluding tert-OH is 1. The number of thioether (sulfide) groups is 1. The molecule has 0 spiro atoms. The molecule has 0 unspecified atom stereocenters. The lowest BCUT2D eigenvalue weighted by Gasteiger charge is -2.29. The molecule has 0 aliphatic rings. The van der Waals surface area contributed by atoms with E-state index in [0.29, 0.717) is 13.0 Å². The molecule has 0 aliphatic heterocycles. The molecule has 3 N–H and O–H groups in total. The highest BCUT2D eigenvalue weighted by atomic mass is 32.2. The second-order valence-corrected chi connectivity index (χ2v) is 11.0. The molecule has 0 heterocycles. The molecule has 0 rings (SSSR count). The van der Waals surface area contributed by atoms with Gasteiger partial charge in [-0.3, -0.25) is 14.4 Å². The number of ether oxygens (including phenoxy) is 1. The molecule has 0 bridgehead atoms. The minimum Gasteiger partial charge on any atom is -0.465 e. The monoisotopic (exact) mass is 576 g/mol. The Morgan fingerprint density at radius 3 is 1.93 bits per heavy atom. The smallest absolute Gasteiger partial charge is 0.305 e. The second kappa shape index (κ2) is 25.4. The van der Waals surface area contributed by atoms with Gasteiger partial charge in [0.2, 0.25) is 11.8 Å². The van der Waals surface area contributed by atoms with Crippen LogP contribution >= 0.6 is 11.8 Å². The van der Waals surface area contributed by atoms with E-state index >= 15 is 0 Å². The molecule has 0 radical (unpaired) electrons. The van der Waals surface area contributed by atoms with Crippen molar-refractivity contribution in [3.63, 3.8) is 0 Å². The fraction of sp³-hybridized carbons (Fsp3) is 0.594. The number of unbranched alkanes of at least 4 members (excludes halogenated alkanes) is 1. The van der Waals surface area contributed by atoms with E-state index < -0.39 is 17.4 Å². The highest BCUT2D eigenvalue weighted by Crippen LogP contribution is 2.22. The average molecular weight is 577 g/mol. The molecule has 0 aromatic heterocycles. The van der Waals surface area contributed by atoms with Crippen LogP contribution in [0.2, 0.25) is 0 Å². The third kappa shape index (κ3) is 22.3. The number of nitrogens with one attached hydrogen (secondary N) is 2. The fourth-order valence-corrected chi connectivity index (χ4v) is 3.59. The Morgan fingerprint density at radius 2 is 1.38 bits per heavy atom. The summed E-state index contributed by atoms with van der Waals surface area (Å²) in [5.74, 6) is -0.263. The van der Waals surface area contributed by atoms with Crippen molar-refractivity contribution in [2.45, 2.75) is 84.7 Å². The first-order valence-corrected chi connectivity index (χ1v) is 15.8. The van der Waals surface area contributed by atoms with E-state index in [2.05, 4.69) is 78.3 Å². The number of amides is 2. The number of hydrogen-bond acceptors (Lipinski definition) is 6. The maximum absolute atomic E-state index is 12.3. The zero-order valence-corrected chi connectivity index (χ0v) is 25.8. The van der Waals surface area contributed by atoms with Gasteiger partial charge in [0.15, 0.2) is 0 Å². The quantitative estimate of drug-likeness (QED) is 0.0804. The van der Waals surface area contributed by atoms with Crippen molar-refractivity contribution in [3.8, 4) is 0 Å². The van der Waals surface area contributed by atoms with Crippen LogP contribution in [0.15, 0.2) is 60.8 Å². The Hall–Kier alpha value is -2.58. The first-order chi connectivity index (χ1) is 19.2. The largest absolute Gasteiger partial charge is 0.465 e. The second-order valence-electron chi connectivity index (χ2n) is 10.0. The summed E-state index contributed by atoms with van der Waals surface area (Å²) in [5.41, 5.74) is -0.954. The molecule has 0 saturated heterocycles.